The van der Waals surface area contributed by atoms with Crippen LogP contribution in [0.4, 0.5) is 0 Å². The quantitative estimate of drug-likeness (QED) is 0.224. The first kappa shape index (κ1) is 24.9. The van der Waals surface area contributed by atoms with Crippen molar-refractivity contribution in [1.29, 1.82) is 0 Å². The van der Waals surface area contributed by atoms with Gasteiger partial charge in [0.2, 0.25) is 0 Å². The molecule has 0 aliphatic heterocycles. The molecule has 3 aromatic carbocycles. The number of nitrogens with zero attached hydrogens (tertiary/aromatic N) is 2. The number of rotatable bonds is 8. The van der Waals surface area contributed by atoms with Gasteiger partial charge in [0.1, 0.15) is 17.1 Å². The summed E-state index contributed by atoms with van der Waals surface area (Å²) in [6.07, 6.45) is 0.741. The molecule has 5 aromatic rings. The van der Waals surface area contributed by atoms with E-state index in [9.17, 15) is 4.79 Å². The van der Waals surface area contributed by atoms with Crippen LogP contribution in [0.1, 0.15) is 39.7 Å². The second-order valence-corrected chi connectivity index (χ2v) is 9.57. The van der Waals surface area contributed by atoms with Crippen molar-refractivity contribution in [3.05, 3.63) is 130 Å². The summed E-state index contributed by atoms with van der Waals surface area (Å²) < 4.78 is 7.32. The van der Waals surface area contributed by atoms with E-state index in [4.69, 9.17) is 27.6 Å². The van der Waals surface area contributed by atoms with Gasteiger partial charge >= 0.3 is 0 Å². The molecule has 5 nitrogen and oxygen atoms in total. The molecule has 0 atom stereocenters. The average molecular weight is 530 g/mol. The molecule has 5 rings (SSSR count). The van der Waals surface area contributed by atoms with Crippen LogP contribution in [0.3, 0.4) is 0 Å². The molecular formula is C30H25Cl2N3O2. The van der Waals surface area contributed by atoms with Gasteiger partial charge < -0.3 is 9.73 Å². The lowest BCUT2D eigenvalue weighted by Crippen LogP contribution is -2.28. The van der Waals surface area contributed by atoms with E-state index in [1.54, 1.807) is 28.9 Å². The lowest BCUT2D eigenvalue weighted by molar-refractivity contribution is 0.0945. The van der Waals surface area contributed by atoms with E-state index in [0.717, 1.165) is 12.2 Å². The van der Waals surface area contributed by atoms with Crippen LogP contribution in [0.2, 0.25) is 10.0 Å². The fourth-order valence-corrected chi connectivity index (χ4v) is 4.66. The molecule has 0 spiro atoms. The van der Waals surface area contributed by atoms with Crippen LogP contribution in [0.15, 0.2) is 101 Å². The number of hydrogen-bond donors (Lipinski definition) is 1. The maximum Gasteiger partial charge on any atom is 0.270 e. The molecule has 0 aliphatic rings. The lowest BCUT2D eigenvalue weighted by atomic mass is 9.88. The Balaban J connectivity index is 1.40. The zero-order chi connectivity index (χ0) is 25.8. The monoisotopic (exact) mass is 529 g/mol. The number of aromatic nitrogens is 2. The molecule has 186 valence electrons. The number of amides is 1. The Morgan fingerprint density at radius 3 is 2.16 bits per heavy atom. The van der Waals surface area contributed by atoms with Gasteiger partial charge in [-0.3, -0.25) is 4.79 Å². The number of benzene rings is 3. The van der Waals surface area contributed by atoms with E-state index in [1.807, 2.05) is 55.5 Å². The highest BCUT2D eigenvalue weighted by molar-refractivity contribution is 6.42. The highest BCUT2D eigenvalue weighted by Gasteiger charge is 2.21. The average Bonchev–Trinajstić information content (AvgIpc) is 3.56. The maximum atomic E-state index is 13.4. The summed E-state index contributed by atoms with van der Waals surface area (Å²) >= 11 is 12.4. The lowest BCUT2D eigenvalue weighted by Gasteiger charge is -2.18. The van der Waals surface area contributed by atoms with Gasteiger partial charge in [-0.25, -0.2) is 4.68 Å². The van der Waals surface area contributed by atoms with Gasteiger partial charge in [0, 0.05) is 18.5 Å². The van der Waals surface area contributed by atoms with Gasteiger partial charge in [-0.1, -0.05) is 83.9 Å². The van der Waals surface area contributed by atoms with Crippen molar-refractivity contribution in [2.24, 2.45) is 0 Å². The number of furan rings is 1. The van der Waals surface area contributed by atoms with E-state index < -0.39 is 0 Å². The normalized spacial score (nSPS) is 11.1. The Morgan fingerprint density at radius 2 is 1.57 bits per heavy atom. The molecule has 2 aromatic heterocycles. The summed E-state index contributed by atoms with van der Waals surface area (Å²) in [5.74, 6) is 1.26. The van der Waals surface area contributed by atoms with Crippen LogP contribution in [-0.4, -0.2) is 22.2 Å². The first-order chi connectivity index (χ1) is 18.0. The predicted molar refractivity (Wildman–Crippen MR) is 148 cm³/mol. The van der Waals surface area contributed by atoms with Crippen molar-refractivity contribution in [2.45, 2.75) is 19.3 Å². The summed E-state index contributed by atoms with van der Waals surface area (Å²) in [7, 11) is 0. The molecule has 7 heteroatoms. The minimum absolute atomic E-state index is 0.157. The van der Waals surface area contributed by atoms with E-state index >= 15 is 0 Å². The van der Waals surface area contributed by atoms with Crippen LogP contribution in [0.25, 0.3) is 17.1 Å². The molecule has 0 saturated heterocycles. The number of carbonyl (C=O) groups is 1. The minimum atomic E-state index is -0.243. The second-order valence-electron chi connectivity index (χ2n) is 8.75. The summed E-state index contributed by atoms with van der Waals surface area (Å²) in [4.78, 5) is 13.4. The van der Waals surface area contributed by atoms with Crippen molar-refractivity contribution >= 4 is 29.1 Å². The zero-order valence-corrected chi connectivity index (χ0v) is 21.7. The topological polar surface area (TPSA) is 60.1 Å². The standard InChI is InChI=1S/C30H25Cl2N3O2/c1-20-12-15-29(37-20)27-19-28(35(34-27)23-13-14-25(31)26(32)18-23)30(36)33-17-16-24(21-8-4-2-5-9-21)22-10-6-3-7-11-22/h2-15,18-19,24H,16-17H2,1H3,(H,33,36). The summed E-state index contributed by atoms with van der Waals surface area (Å²) in [6, 6.07) is 31.2. The molecule has 2 heterocycles. The van der Waals surface area contributed by atoms with Crippen molar-refractivity contribution in [3.63, 3.8) is 0 Å². The highest BCUT2D eigenvalue weighted by atomic mass is 35.5. The van der Waals surface area contributed by atoms with Gasteiger partial charge in [0.25, 0.3) is 5.91 Å². The van der Waals surface area contributed by atoms with Gasteiger partial charge in [-0.2, -0.15) is 5.10 Å². The minimum Gasteiger partial charge on any atom is -0.460 e. The van der Waals surface area contributed by atoms with Crippen LogP contribution in [0, 0.1) is 6.92 Å². The number of hydrogen-bond acceptors (Lipinski definition) is 3. The summed E-state index contributed by atoms with van der Waals surface area (Å²) in [5.41, 5.74) is 3.97. The number of carbonyl (C=O) groups excluding carboxylic acids is 1. The highest BCUT2D eigenvalue weighted by Crippen LogP contribution is 2.29. The van der Waals surface area contributed by atoms with Crippen molar-refractivity contribution in [2.75, 3.05) is 6.54 Å². The number of nitrogens with one attached hydrogen (secondary N) is 1. The van der Waals surface area contributed by atoms with Gasteiger partial charge in [-0.05, 0) is 54.8 Å². The fourth-order valence-electron chi connectivity index (χ4n) is 4.37. The molecule has 0 unspecified atom stereocenters. The third-order valence-electron chi connectivity index (χ3n) is 6.21. The molecule has 0 radical (unpaired) electrons. The zero-order valence-electron chi connectivity index (χ0n) is 20.2. The van der Waals surface area contributed by atoms with E-state index in [0.29, 0.717) is 39.4 Å². The molecular weight excluding hydrogens is 505 g/mol. The van der Waals surface area contributed by atoms with Gasteiger partial charge in [-0.15, -0.1) is 0 Å². The Labute approximate surface area is 225 Å². The molecule has 0 saturated carbocycles. The fraction of sp³-hybridized carbons (Fsp3) is 0.133. The Morgan fingerprint density at radius 1 is 0.892 bits per heavy atom. The Kier molecular flexibility index (Phi) is 7.45. The SMILES string of the molecule is Cc1ccc(-c2cc(C(=O)NCCC(c3ccccc3)c3ccccc3)n(-c3ccc(Cl)c(Cl)c3)n2)o1. The molecule has 1 amide bonds. The predicted octanol–water partition coefficient (Wildman–Crippen LogP) is 7.70. The van der Waals surface area contributed by atoms with Crippen LogP contribution in [-0.2, 0) is 0 Å². The van der Waals surface area contributed by atoms with E-state index in [-0.39, 0.29) is 11.8 Å². The first-order valence-corrected chi connectivity index (χ1v) is 12.8. The van der Waals surface area contributed by atoms with Crippen molar-refractivity contribution in [1.82, 2.24) is 15.1 Å². The molecule has 37 heavy (non-hydrogen) atoms. The molecule has 1 N–H and O–H groups in total. The second kappa shape index (κ2) is 11.1. The van der Waals surface area contributed by atoms with Crippen LogP contribution < -0.4 is 5.32 Å². The van der Waals surface area contributed by atoms with Crippen LogP contribution >= 0.6 is 23.2 Å². The van der Waals surface area contributed by atoms with Crippen molar-refractivity contribution < 1.29 is 9.21 Å². The largest absolute Gasteiger partial charge is 0.460 e. The third kappa shape index (κ3) is 5.63. The summed E-state index contributed by atoms with van der Waals surface area (Å²) in [5, 5.41) is 8.55. The maximum absolute atomic E-state index is 13.4. The van der Waals surface area contributed by atoms with Gasteiger partial charge in [0.15, 0.2) is 5.76 Å². The van der Waals surface area contributed by atoms with Gasteiger partial charge in [0.05, 0.1) is 15.7 Å². The van der Waals surface area contributed by atoms with E-state index in [2.05, 4.69) is 34.7 Å². The third-order valence-corrected chi connectivity index (χ3v) is 6.94. The first-order valence-electron chi connectivity index (χ1n) is 12.0. The van der Waals surface area contributed by atoms with Crippen molar-refractivity contribution in [3.8, 4) is 17.1 Å². The number of aryl methyl sites for hydroxylation is 1. The van der Waals surface area contributed by atoms with E-state index in [1.165, 1.54) is 11.1 Å². The summed E-state index contributed by atoms with van der Waals surface area (Å²) in [6.45, 7) is 2.35. The molecule has 0 bridgehead atoms. The molecule has 0 aliphatic carbocycles. The smallest absolute Gasteiger partial charge is 0.270 e. The Bertz CT molecular complexity index is 1470. The number of halogens is 2. The van der Waals surface area contributed by atoms with Crippen LogP contribution in [0.5, 0.6) is 0 Å². The Hall–Kier alpha value is -3.80. The molecule has 0 fully saturated rings.